The lowest BCUT2D eigenvalue weighted by Crippen LogP contribution is -2.07. The van der Waals surface area contributed by atoms with Crippen LogP contribution < -0.4 is 0 Å². The first-order valence-corrected chi connectivity index (χ1v) is 9.41. The Morgan fingerprint density at radius 2 is 1.87 bits per heavy atom. The number of alkyl halides is 3. The first-order chi connectivity index (χ1) is 14.9. The fraction of sp³-hybridized carbons (Fsp3) is 0.100. The van der Waals surface area contributed by atoms with E-state index in [1.807, 2.05) is 0 Å². The minimum atomic E-state index is -4.57. The normalized spacial score (nSPS) is 12.0. The number of furan rings is 1. The number of benzene rings is 1. The fourth-order valence-electron chi connectivity index (χ4n) is 3.19. The average molecular weight is 445 g/mol. The predicted molar refractivity (Wildman–Crippen MR) is 106 cm³/mol. The third-order valence-electron chi connectivity index (χ3n) is 4.63. The molecule has 4 aromatic heterocycles. The van der Waals surface area contributed by atoms with E-state index >= 15 is 0 Å². The van der Waals surface area contributed by atoms with Crippen LogP contribution in [0.5, 0.6) is 0 Å². The Morgan fingerprint density at radius 3 is 2.58 bits per heavy atom. The van der Waals surface area contributed by atoms with Gasteiger partial charge >= 0.3 is 6.18 Å². The Labute approximate surface area is 177 Å². The van der Waals surface area contributed by atoms with Crippen molar-refractivity contribution in [1.29, 1.82) is 0 Å². The fourth-order valence-corrected chi connectivity index (χ4v) is 3.32. The molecule has 156 valence electrons. The van der Waals surface area contributed by atoms with Crippen molar-refractivity contribution >= 4 is 22.6 Å². The van der Waals surface area contributed by atoms with Crippen molar-refractivity contribution in [2.75, 3.05) is 0 Å². The highest BCUT2D eigenvalue weighted by atomic mass is 35.5. The molecule has 0 atom stereocenters. The van der Waals surface area contributed by atoms with Gasteiger partial charge < -0.3 is 4.42 Å². The van der Waals surface area contributed by atoms with Gasteiger partial charge in [0, 0.05) is 12.3 Å². The van der Waals surface area contributed by atoms with Crippen LogP contribution in [0, 0.1) is 0 Å². The molecule has 0 saturated heterocycles. The quantitative estimate of drug-likeness (QED) is 0.365. The average Bonchev–Trinajstić information content (AvgIpc) is 3.48. The van der Waals surface area contributed by atoms with Crippen molar-refractivity contribution in [2.45, 2.75) is 12.7 Å². The molecule has 4 heterocycles. The molecule has 0 bridgehead atoms. The van der Waals surface area contributed by atoms with Crippen molar-refractivity contribution < 1.29 is 17.6 Å². The summed E-state index contributed by atoms with van der Waals surface area (Å²) < 4.78 is 47.9. The molecule has 0 spiro atoms. The molecule has 7 nitrogen and oxygen atoms in total. The van der Waals surface area contributed by atoms with Gasteiger partial charge in [-0.2, -0.15) is 28.4 Å². The zero-order valence-corrected chi connectivity index (χ0v) is 16.3. The Balaban J connectivity index is 1.49. The summed E-state index contributed by atoms with van der Waals surface area (Å²) >= 11 is 5.87. The zero-order valence-electron chi connectivity index (χ0n) is 15.6. The number of rotatable bonds is 4. The van der Waals surface area contributed by atoms with Gasteiger partial charge in [0.25, 0.3) is 0 Å². The molecule has 0 radical (unpaired) electrons. The minimum absolute atomic E-state index is 0.120. The highest BCUT2D eigenvalue weighted by Gasteiger charge is 2.35. The molecular weight excluding hydrogens is 433 g/mol. The van der Waals surface area contributed by atoms with Gasteiger partial charge in [-0.3, -0.25) is 0 Å². The van der Waals surface area contributed by atoms with Crippen LogP contribution in [-0.2, 0) is 12.7 Å². The summed E-state index contributed by atoms with van der Waals surface area (Å²) in [4.78, 5) is 8.11. The van der Waals surface area contributed by atoms with Crippen LogP contribution in [0.25, 0.3) is 28.2 Å². The van der Waals surface area contributed by atoms with E-state index in [2.05, 4.69) is 20.2 Å². The Morgan fingerprint density at radius 1 is 1.06 bits per heavy atom. The monoisotopic (exact) mass is 444 g/mol. The summed E-state index contributed by atoms with van der Waals surface area (Å²) in [5.74, 6) is 0.284. The van der Waals surface area contributed by atoms with Gasteiger partial charge in [-0.1, -0.05) is 12.1 Å². The van der Waals surface area contributed by atoms with E-state index in [-0.39, 0.29) is 16.7 Å². The highest BCUT2D eigenvalue weighted by molar-refractivity contribution is 6.28. The molecule has 0 saturated carbocycles. The van der Waals surface area contributed by atoms with E-state index in [1.54, 1.807) is 53.5 Å². The molecule has 0 fully saturated rings. The van der Waals surface area contributed by atoms with E-state index in [4.69, 9.17) is 16.0 Å². The minimum Gasteiger partial charge on any atom is -0.463 e. The maximum atomic E-state index is 13.2. The molecule has 0 N–H and O–H groups in total. The Kier molecular flexibility index (Phi) is 4.51. The van der Waals surface area contributed by atoms with Gasteiger partial charge in [-0.15, -0.1) is 0 Å². The second-order valence-electron chi connectivity index (χ2n) is 6.69. The van der Waals surface area contributed by atoms with Crippen molar-refractivity contribution in [3.8, 4) is 17.1 Å². The zero-order chi connectivity index (χ0) is 21.6. The molecule has 5 rings (SSSR count). The second kappa shape index (κ2) is 7.24. The second-order valence-corrected chi connectivity index (χ2v) is 7.03. The number of nitrogens with zero attached hydrogens (tertiary/aromatic N) is 6. The van der Waals surface area contributed by atoms with E-state index in [0.29, 0.717) is 17.9 Å². The number of hydrogen-bond acceptors (Lipinski definition) is 5. The summed E-state index contributed by atoms with van der Waals surface area (Å²) in [6, 6.07) is 11.1. The van der Waals surface area contributed by atoms with Gasteiger partial charge in [0.15, 0.2) is 17.1 Å². The summed E-state index contributed by atoms with van der Waals surface area (Å²) in [7, 11) is 0. The van der Waals surface area contributed by atoms with E-state index in [0.717, 1.165) is 17.0 Å². The van der Waals surface area contributed by atoms with E-state index < -0.39 is 11.9 Å². The van der Waals surface area contributed by atoms with Gasteiger partial charge in [0.2, 0.25) is 5.28 Å². The van der Waals surface area contributed by atoms with Gasteiger partial charge in [-0.05, 0) is 41.4 Å². The molecule has 0 aliphatic carbocycles. The lowest BCUT2D eigenvalue weighted by molar-refractivity contribution is -0.141. The smallest absolute Gasteiger partial charge is 0.435 e. The van der Waals surface area contributed by atoms with E-state index in [9.17, 15) is 13.2 Å². The molecule has 11 heteroatoms. The maximum absolute atomic E-state index is 13.2. The van der Waals surface area contributed by atoms with E-state index in [1.165, 1.54) is 10.9 Å². The van der Waals surface area contributed by atoms with Gasteiger partial charge in [0.05, 0.1) is 30.1 Å². The largest absolute Gasteiger partial charge is 0.463 e. The topological polar surface area (TPSA) is 74.6 Å². The third kappa shape index (κ3) is 3.66. The molecule has 1 aromatic carbocycles. The number of fused-ring (bicyclic) bond motifs is 1. The number of hydrogen-bond donors (Lipinski definition) is 0. The number of aromatic nitrogens is 6. The van der Waals surface area contributed by atoms with Gasteiger partial charge in [-0.25, -0.2) is 14.3 Å². The molecule has 5 aromatic rings. The molecule has 0 aliphatic rings. The lowest BCUT2D eigenvalue weighted by atomic mass is 10.2. The molecule has 0 unspecified atom stereocenters. The molecule has 31 heavy (non-hydrogen) atoms. The predicted octanol–water partition coefficient (Wildman–Crippen LogP) is 4.99. The maximum Gasteiger partial charge on any atom is 0.435 e. The van der Waals surface area contributed by atoms with Gasteiger partial charge in [0.1, 0.15) is 5.69 Å². The van der Waals surface area contributed by atoms with Crippen LogP contribution in [0.3, 0.4) is 0 Å². The summed E-state index contributed by atoms with van der Waals surface area (Å²) in [5.41, 5.74) is 1.12. The standard InChI is InChI=1S/C20H12ClF3N6O/c21-19-25-9-13-10-26-29(18(13)27-19)11-12-3-5-14(6-4-12)30-15(16-2-1-7-31-16)8-17(28-30)20(22,23)24/h1-10H,11H2. The van der Waals surface area contributed by atoms with Crippen LogP contribution in [0.1, 0.15) is 11.3 Å². The molecular formula is C20H12ClF3N6O. The van der Waals surface area contributed by atoms with Crippen LogP contribution in [0.2, 0.25) is 5.28 Å². The lowest BCUT2D eigenvalue weighted by Gasteiger charge is -2.08. The van der Waals surface area contributed by atoms with Crippen LogP contribution >= 0.6 is 11.6 Å². The summed E-state index contributed by atoms with van der Waals surface area (Å²) in [5, 5.41) is 8.91. The summed E-state index contributed by atoms with van der Waals surface area (Å²) in [6.45, 7) is 0.398. The van der Waals surface area contributed by atoms with Crippen molar-refractivity contribution in [3.05, 3.63) is 77.7 Å². The van der Waals surface area contributed by atoms with Crippen molar-refractivity contribution in [1.82, 2.24) is 29.5 Å². The third-order valence-corrected chi connectivity index (χ3v) is 4.82. The Hall–Kier alpha value is -3.66. The van der Waals surface area contributed by atoms with Crippen molar-refractivity contribution in [2.24, 2.45) is 0 Å². The van der Waals surface area contributed by atoms with Crippen molar-refractivity contribution in [3.63, 3.8) is 0 Å². The molecule has 0 aliphatic heterocycles. The van der Waals surface area contributed by atoms with Crippen LogP contribution in [-0.4, -0.2) is 29.5 Å². The molecule has 0 amide bonds. The SMILES string of the molecule is FC(F)(F)c1cc(-c2ccco2)n(-c2ccc(Cn3ncc4cnc(Cl)nc43)cc2)n1. The van der Waals surface area contributed by atoms with Crippen LogP contribution in [0.15, 0.2) is 65.5 Å². The first-order valence-electron chi connectivity index (χ1n) is 9.03. The number of halogens is 4. The summed E-state index contributed by atoms with van der Waals surface area (Å²) in [6.07, 6.45) is 0.0471. The van der Waals surface area contributed by atoms with Crippen LogP contribution in [0.4, 0.5) is 13.2 Å². The highest BCUT2D eigenvalue weighted by Crippen LogP contribution is 2.33. The first kappa shape index (κ1) is 19.3. The Bertz CT molecular complexity index is 1360.